The molecule has 3 rings (SSSR count). The molecule has 0 atom stereocenters. The summed E-state index contributed by atoms with van der Waals surface area (Å²) >= 11 is 0. The highest BCUT2D eigenvalue weighted by Gasteiger charge is 2.32. The maximum atomic E-state index is 13.0. The summed E-state index contributed by atoms with van der Waals surface area (Å²) in [6.45, 7) is 4.36. The number of nitrogens with zero attached hydrogens (tertiary/aromatic N) is 4. The van der Waals surface area contributed by atoms with E-state index in [1.807, 2.05) is 6.92 Å². The zero-order valence-electron chi connectivity index (χ0n) is 16.3. The highest BCUT2D eigenvalue weighted by Crippen LogP contribution is 2.25. The number of sulfonamides is 1. The molecule has 0 spiro atoms. The average Bonchev–Trinajstić information content (AvgIpc) is 3.11. The van der Waals surface area contributed by atoms with Gasteiger partial charge in [-0.2, -0.15) is 4.31 Å². The molecule has 2 heterocycles. The van der Waals surface area contributed by atoms with Crippen LogP contribution in [0.15, 0.2) is 23.1 Å². The van der Waals surface area contributed by atoms with E-state index in [4.69, 9.17) is 4.74 Å². The summed E-state index contributed by atoms with van der Waals surface area (Å²) in [6.07, 6.45) is 1.94. The van der Waals surface area contributed by atoms with Crippen LogP contribution in [-0.2, 0) is 26.1 Å². The van der Waals surface area contributed by atoms with Crippen molar-refractivity contribution in [1.29, 1.82) is 0 Å². The van der Waals surface area contributed by atoms with Crippen LogP contribution in [0.4, 0.5) is 0 Å². The molecule has 1 saturated heterocycles. The molecule has 1 aromatic carbocycles. The van der Waals surface area contributed by atoms with Crippen LogP contribution in [0.1, 0.15) is 26.2 Å². The lowest BCUT2D eigenvalue weighted by molar-refractivity contribution is -0.126. The molecule has 1 aromatic heterocycles. The predicted molar refractivity (Wildman–Crippen MR) is 104 cm³/mol. The van der Waals surface area contributed by atoms with Crippen LogP contribution in [0.25, 0.3) is 11.0 Å². The number of methoxy groups -OCH3 is 1. The van der Waals surface area contributed by atoms with Crippen LogP contribution in [0.3, 0.4) is 0 Å². The summed E-state index contributed by atoms with van der Waals surface area (Å²) < 4.78 is 34.2. The van der Waals surface area contributed by atoms with Gasteiger partial charge in [0.05, 0.1) is 17.0 Å². The highest BCUT2D eigenvalue weighted by atomic mass is 32.2. The molecule has 28 heavy (non-hydrogen) atoms. The van der Waals surface area contributed by atoms with Gasteiger partial charge in [0, 0.05) is 39.2 Å². The maximum Gasteiger partial charge on any atom is 0.243 e. The third kappa shape index (κ3) is 4.34. The fourth-order valence-electron chi connectivity index (χ4n) is 3.42. The van der Waals surface area contributed by atoms with E-state index in [0.29, 0.717) is 44.6 Å². The number of piperidine rings is 1. The number of carbonyl (C=O) groups is 1. The van der Waals surface area contributed by atoms with Crippen LogP contribution in [0.5, 0.6) is 0 Å². The van der Waals surface area contributed by atoms with Gasteiger partial charge < -0.3 is 10.1 Å². The van der Waals surface area contributed by atoms with E-state index in [1.165, 1.54) is 4.31 Å². The minimum atomic E-state index is -3.62. The van der Waals surface area contributed by atoms with Gasteiger partial charge in [-0.05, 0) is 37.5 Å². The van der Waals surface area contributed by atoms with E-state index in [9.17, 15) is 13.2 Å². The lowest BCUT2D eigenvalue weighted by Gasteiger charge is -2.30. The van der Waals surface area contributed by atoms with E-state index in [0.717, 1.165) is 18.5 Å². The van der Waals surface area contributed by atoms with Gasteiger partial charge >= 0.3 is 0 Å². The first-order chi connectivity index (χ1) is 13.5. The first-order valence-corrected chi connectivity index (χ1v) is 11.0. The van der Waals surface area contributed by atoms with Gasteiger partial charge in [-0.3, -0.25) is 4.79 Å². The van der Waals surface area contributed by atoms with Crippen molar-refractivity contribution in [1.82, 2.24) is 24.6 Å². The highest BCUT2D eigenvalue weighted by molar-refractivity contribution is 7.89. The minimum Gasteiger partial charge on any atom is -0.383 e. The van der Waals surface area contributed by atoms with Crippen molar-refractivity contribution in [2.24, 2.45) is 5.92 Å². The van der Waals surface area contributed by atoms with Crippen molar-refractivity contribution >= 4 is 27.0 Å². The van der Waals surface area contributed by atoms with Gasteiger partial charge in [0.1, 0.15) is 5.52 Å². The molecule has 1 aliphatic heterocycles. The van der Waals surface area contributed by atoms with Crippen molar-refractivity contribution in [2.75, 3.05) is 33.4 Å². The lowest BCUT2D eigenvalue weighted by atomic mass is 9.97. The Morgan fingerprint density at radius 2 is 2.07 bits per heavy atom. The Bertz CT molecular complexity index is 919. The van der Waals surface area contributed by atoms with Crippen molar-refractivity contribution in [3.63, 3.8) is 0 Å². The number of hydrogen-bond donors (Lipinski definition) is 1. The normalized spacial score (nSPS) is 16.5. The van der Waals surface area contributed by atoms with E-state index < -0.39 is 10.0 Å². The Balaban J connectivity index is 1.67. The van der Waals surface area contributed by atoms with E-state index in [-0.39, 0.29) is 16.7 Å². The molecule has 0 bridgehead atoms. The van der Waals surface area contributed by atoms with Crippen molar-refractivity contribution in [3.8, 4) is 0 Å². The second kappa shape index (κ2) is 8.97. The number of carbonyl (C=O) groups excluding carboxylic acids is 1. The fraction of sp³-hybridized carbons (Fsp3) is 0.611. The zero-order chi connectivity index (χ0) is 20.1. The number of nitrogens with one attached hydrogen (secondary N) is 1. The molecule has 1 N–H and O–H groups in total. The minimum absolute atomic E-state index is 0.0388. The SMILES string of the molecule is CCCn1nnc2cc(S(=O)(=O)N3CCC(C(=O)NCCOC)CC3)ccc21. The standard InChI is InChI=1S/C18H27N5O4S/c1-3-9-23-17-5-4-15(13-16(17)20-21-23)28(25,26)22-10-6-14(7-11-22)18(24)19-8-12-27-2/h4-5,13-14H,3,6-12H2,1-2H3,(H,19,24). The Morgan fingerprint density at radius 1 is 1.32 bits per heavy atom. The molecule has 0 unspecified atom stereocenters. The van der Waals surface area contributed by atoms with Crippen LogP contribution < -0.4 is 5.32 Å². The molecule has 1 aliphatic rings. The Morgan fingerprint density at radius 3 is 2.75 bits per heavy atom. The van der Waals surface area contributed by atoms with Crippen molar-refractivity contribution in [2.45, 2.75) is 37.6 Å². The number of ether oxygens (including phenoxy) is 1. The average molecular weight is 410 g/mol. The summed E-state index contributed by atoms with van der Waals surface area (Å²) in [5, 5.41) is 11.0. The number of aryl methyl sites for hydroxylation is 1. The molecule has 0 saturated carbocycles. The van der Waals surface area contributed by atoms with Crippen LogP contribution in [-0.4, -0.2) is 67.0 Å². The molecule has 9 nitrogen and oxygen atoms in total. The second-order valence-corrected chi connectivity index (χ2v) is 8.86. The van der Waals surface area contributed by atoms with Gasteiger partial charge in [-0.15, -0.1) is 5.10 Å². The van der Waals surface area contributed by atoms with Gasteiger partial charge in [0.25, 0.3) is 0 Å². The van der Waals surface area contributed by atoms with Crippen molar-refractivity contribution < 1.29 is 17.9 Å². The van der Waals surface area contributed by atoms with Crippen LogP contribution in [0, 0.1) is 5.92 Å². The molecule has 10 heteroatoms. The first kappa shape index (κ1) is 20.7. The fourth-order valence-corrected chi connectivity index (χ4v) is 4.91. The monoisotopic (exact) mass is 409 g/mol. The maximum absolute atomic E-state index is 13.0. The van der Waals surface area contributed by atoms with Gasteiger partial charge in [-0.25, -0.2) is 13.1 Å². The van der Waals surface area contributed by atoms with Crippen molar-refractivity contribution in [3.05, 3.63) is 18.2 Å². The molecule has 0 aliphatic carbocycles. The smallest absolute Gasteiger partial charge is 0.243 e. The largest absolute Gasteiger partial charge is 0.383 e. The second-order valence-electron chi connectivity index (χ2n) is 6.93. The number of fused-ring (bicyclic) bond motifs is 1. The number of aromatic nitrogens is 3. The number of benzene rings is 1. The molecule has 1 amide bonds. The Hall–Kier alpha value is -2.04. The molecular formula is C18H27N5O4S. The molecule has 154 valence electrons. The summed E-state index contributed by atoms with van der Waals surface area (Å²) in [5.41, 5.74) is 1.40. The lowest BCUT2D eigenvalue weighted by Crippen LogP contribution is -2.43. The summed E-state index contributed by atoms with van der Waals surface area (Å²) in [7, 11) is -2.04. The molecular weight excluding hydrogens is 382 g/mol. The quantitative estimate of drug-likeness (QED) is 0.652. The number of amides is 1. The van der Waals surface area contributed by atoms with Gasteiger partial charge in [0.15, 0.2) is 0 Å². The van der Waals surface area contributed by atoms with E-state index >= 15 is 0 Å². The van der Waals surface area contributed by atoms with E-state index in [2.05, 4.69) is 15.6 Å². The summed E-state index contributed by atoms with van der Waals surface area (Å²) in [4.78, 5) is 12.4. The predicted octanol–water partition coefficient (Wildman–Crippen LogP) is 1.00. The van der Waals surface area contributed by atoms with Crippen LogP contribution in [0.2, 0.25) is 0 Å². The Labute approximate surface area is 165 Å². The van der Waals surface area contributed by atoms with Gasteiger partial charge in [0.2, 0.25) is 15.9 Å². The molecule has 1 fully saturated rings. The van der Waals surface area contributed by atoms with Crippen LogP contribution >= 0.6 is 0 Å². The molecule has 2 aromatic rings. The number of rotatable bonds is 8. The Kier molecular flexibility index (Phi) is 6.63. The van der Waals surface area contributed by atoms with Gasteiger partial charge in [-0.1, -0.05) is 12.1 Å². The summed E-state index contributed by atoms with van der Waals surface area (Å²) in [6, 6.07) is 4.94. The third-order valence-electron chi connectivity index (χ3n) is 4.99. The van der Waals surface area contributed by atoms with E-state index in [1.54, 1.807) is 30.0 Å². The topological polar surface area (TPSA) is 106 Å². The summed E-state index contributed by atoms with van der Waals surface area (Å²) in [5.74, 6) is -0.206. The zero-order valence-corrected chi connectivity index (χ0v) is 17.1. The first-order valence-electron chi connectivity index (χ1n) is 9.57. The molecule has 0 radical (unpaired) electrons. The number of hydrogen-bond acceptors (Lipinski definition) is 6. The third-order valence-corrected chi connectivity index (χ3v) is 6.88.